The SMILES string of the molecule is CC(=O)Nc1ccc(Sc2ccc(C(=O)N[C@@H]3C4CCN(CC4)[C@H]3C)cc2)nc1.C[C@H]1[C@H](NC(=O)c2ccc(Sc3ccc(C#N)cn3)cc2)C2CCN1CC2.C[C@H]1[C@H](NC(=O)c2ccc(Sc3ccc(N4CCOCC4)cn3)cc2)C2CCN1CC2. The van der Waals surface area contributed by atoms with Crippen molar-refractivity contribution in [1.29, 1.82) is 5.26 Å². The number of piperidine rings is 9. The van der Waals surface area contributed by atoms with Crippen LogP contribution in [0, 0.1) is 29.1 Å². The number of benzene rings is 3. The molecule has 20 heteroatoms. The van der Waals surface area contributed by atoms with Crippen molar-refractivity contribution in [2.75, 3.05) is 75.8 Å². The molecule has 10 fully saturated rings. The van der Waals surface area contributed by atoms with E-state index in [0.29, 0.717) is 58.3 Å². The summed E-state index contributed by atoms with van der Waals surface area (Å²) in [7, 11) is 0. The van der Waals surface area contributed by atoms with Gasteiger partial charge in [-0.3, -0.25) is 33.9 Å². The molecule has 454 valence electrons. The predicted molar refractivity (Wildman–Crippen MR) is 341 cm³/mol. The third kappa shape index (κ3) is 15.7. The summed E-state index contributed by atoms with van der Waals surface area (Å²) < 4.78 is 5.41. The second kappa shape index (κ2) is 29.0. The molecule has 4 amide bonds. The van der Waals surface area contributed by atoms with Crippen molar-refractivity contribution in [3.63, 3.8) is 0 Å². The molecule has 6 aromatic rings. The maximum atomic E-state index is 12.8. The van der Waals surface area contributed by atoms with E-state index in [4.69, 9.17) is 10.00 Å². The number of fused-ring (bicyclic) bond motifs is 9. The molecule has 6 bridgehead atoms. The number of rotatable bonds is 14. The Morgan fingerprint density at radius 2 is 0.851 bits per heavy atom. The standard InChI is InChI=1S/C24H30N4O2S.C22H26N4O2S.C21H22N4OS/c1-17-23(18-8-10-27(17)11-9-18)26-24(29)19-2-5-21(6-3-19)31-22-7-4-20(16-25-22)28-12-14-30-15-13-28;1-14-21(16-9-11-26(14)12-10-16)25-22(28)17-3-6-19(7-4-17)29-20-8-5-18(13-23-20)24-15(2)27;1-14-20(16-8-10-25(14)11-9-16)24-21(26)17-3-5-18(6-4-17)27-19-7-2-15(12-22)13-23-19/h2-7,16-18,23H,8-15H2,1H3,(H,26,29);3-8,13-14,16,21H,9-12H2,1-2H3,(H,24,27)(H,25,28);2-7,13-14,16,20H,8-11H2,1H3,(H,24,26)/t17-,23-;14-,21-;14-,20-/m000/s1. The number of amides is 4. The fourth-order valence-electron chi connectivity index (χ4n) is 13.4. The van der Waals surface area contributed by atoms with Crippen molar-refractivity contribution in [3.05, 3.63) is 150 Å². The van der Waals surface area contributed by atoms with Gasteiger partial charge in [0.25, 0.3) is 17.7 Å². The fraction of sp³-hybridized carbons (Fsp3) is 0.433. The molecule has 10 saturated heterocycles. The molecule has 3 aromatic carbocycles. The molecule has 87 heavy (non-hydrogen) atoms. The lowest BCUT2D eigenvalue weighted by molar-refractivity contribution is -0.114. The van der Waals surface area contributed by atoms with E-state index < -0.39 is 0 Å². The Labute approximate surface area is 524 Å². The van der Waals surface area contributed by atoms with Gasteiger partial charge < -0.3 is 30.9 Å². The largest absolute Gasteiger partial charge is 0.378 e. The normalized spacial score (nSPS) is 26.6. The van der Waals surface area contributed by atoms with Crippen molar-refractivity contribution in [2.45, 2.75) is 132 Å². The number of carbonyl (C=O) groups excluding carboxylic acids is 4. The molecule has 4 N–H and O–H groups in total. The number of hydrogen-bond acceptors (Lipinski definition) is 16. The highest BCUT2D eigenvalue weighted by atomic mass is 32.2. The topological polar surface area (TPSA) is 201 Å². The summed E-state index contributed by atoms with van der Waals surface area (Å²) in [6, 6.07) is 38.7. The summed E-state index contributed by atoms with van der Waals surface area (Å²) in [5, 5.41) is 24.0. The monoisotopic (exact) mass is 1230 g/mol. The first-order valence-corrected chi connectivity index (χ1v) is 33.1. The van der Waals surface area contributed by atoms with Crippen LogP contribution in [-0.4, -0.2) is 155 Å². The Hall–Kier alpha value is -6.83. The van der Waals surface area contributed by atoms with Crippen molar-refractivity contribution in [1.82, 2.24) is 45.6 Å². The van der Waals surface area contributed by atoms with Crippen LogP contribution in [0.5, 0.6) is 0 Å². The van der Waals surface area contributed by atoms with Crippen molar-refractivity contribution < 1.29 is 23.9 Å². The number of pyridine rings is 3. The molecule has 0 spiro atoms. The summed E-state index contributed by atoms with van der Waals surface area (Å²) in [4.78, 5) is 75.5. The maximum Gasteiger partial charge on any atom is 0.251 e. The van der Waals surface area contributed by atoms with E-state index in [2.05, 4.69) is 94.8 Å². The summed E-state index contributed by atoms with van der Waals surface area (Å²) in [6.45, 7) is 18.5. The van der Waals surface area contributed by atoms with E-state index >= 15 is 0 Å². The first-order valence-electron chi connectivity index (χ1n) is 30.7. The number of nitrogens with zero attached hydrogens (tertiary/aromatic N) is 8. The minimum absolute atomic E-state index is 0.00457. The van der Waals surface area contributed by atoms with E-state index in [9.17, 15) is 19.2 Å². The van der Waals surface area contributed by atoms with Crippen LogP contribution in [0.2, 0.25) is 0 Å². The minimum atomic E-state index is -0.117. The van der Waals surface area contributed by atoms with Gasteiger partial charge in [0.2, 0.25) is 5.91 Å². The molecule has 6 atom stereocenters. The van der Waals surface area contributed by atoms with Gasteiger partial charge in [0.1, 0.15) is 21.1 Å². The van der Waals surface area contributed by atoms with Gasteiger partial charge in [-0.1, -0.05) is 35.3 Å². The number of nitriles is 1. The predicted octanol–water partition coefficient (Wildman–Crippen LogP) is 10.0. The Morgan fingerprint density at radius 3 is 1.16 bits per heavy atom. The second-order valence-electron chi connectivity index (χ2n) is 23.7. The lowest BCUT2D eigenvalue weighted by Crippen LogP contribution is -2.62. The van der Waals surface area contributed by atoms with E-state index in [-0.39, 0.29) is 41.8 Å². The number of carbonyl (C=O) groups is 4. The van der Waals surface area contributed by atoms with Gasteiger partial charge in [-0.25, -0.2) is 15.0 Å². The molecule has 10 aliphatic rings. The van der Waals surface area contributed by atoms with Crippen LogP contribution in [0.3, 0.4) is 0 Å². The molecule has 0 radical (unpaired) electrons. The molecular weight excluding hydrogens is 1150 g/mol. The van der Waals surface area contributed by atoms with E-state index in [1.54, 1.807) is 30.2 Å². The lowest BCUT2D eigenvalue weighted by Gasteiger charge is -2.49. The van der Waals surface area contributed by atoms with Crippen LogP contribution in [0.15, 0.2) is 158 Å². The smallest absolute Gasteiger partial charge is 0.251 e. The van der Waals surface area contributed by atoms with E-state index in [1.807, 2.05) is 97.2 Å². The number of ether oxygens (including phenoxy) is 1. The van der Waals surface area contributed by atoms with Crippen LogP contribution in [-0.2, 0) is 9.53 Å². The summed E-state index contributed by atoms with van der Waals surface area (Å²) >= 11 is 4.65. The minimum Gasteiger partial charge on any atom is -0.378 e. The Bertz CT molecular complexity index is 3320. The van der Waals surface area contributed by atoms with Crippen LogP contribution in [0.4, 0.5) is 11.4 Å². The number of hydrogen-bond donors (Lipinski definition) is 4. The van der Waals surface area contributed by atoms with Gasteiger partial charge in [-0.15, -0.1) is 0 Å². The number of anilines is 2. The molecule has 0 saturated carbocycles. The third-order valence-electron chi connectivity index (χ3n) is 18.5. The van der Waals surface area contributed by atoms with E-state index in [0.717, 1.165) is 93.5 Å². The van der Waals surface area contributed by atoms with Crippen molar-refractivity contribution in [3.8, 4) is 6.07 Å². The zero-order chi connectivity index (χ0) is 60.4. The van der Waals surface area contributed by atoms with Gasteiger partial charge in [0.05, 0.1) is 42.5 Å². The highest BCUT2D eigenvalue weighted by molar-refractivity contribution is 7.99. The Morgan fingerprint density at radius 1 is 0.483 bits per heavy atom. The van der Waals surface area contributed by atoms with Gasteiger partial charge >= 0.3 is 0 Å². The number of aromatic nitrogens is 3. The van der Waals surface area contributed by atoms with Gasteiger partial charge in [0.15, 0.2) is 0 Å². The molecule has 10 aliphatic heterocycles. The second-order valence-corrected chi connectivity index (χ2v) is 27.0. The quantitative estimate of drug-likeness (QED) is 0.0802. The molecule has 3 aromatic heterocycles. The molecule has 13 heterocycles. The first kappa shape index (κ1) is 61.8. The maximum absolute atomic E-state index is 12.8. The zero-order valence-corrected chi connectivity index (χ0v) is 52.4. The number of nitrogens with one attached hydrogen (secondary N) is 4. The molecular formula is C67H78N12O5S3. The first-order chi connectivity index (χ1) is 42.3. The van der Waals surface area contributed by atoms with Crippen molar-refractivity contribution >= 4 is 70.3 Å². The van der Waals surface area contributed by atoms with E-state index in [1.165, 1.54) is 82.1 Å². The van der Waals surface area contributed by atoms with Gasteiger partial charge in [-0.05, 0) is 226 Å². The summed E-state index contributed by atoms with van der Waals surface area (Å²) in [5.74, 6) is 1.75. The van der Waals surface area contributed by atoms with Crippen LogP contribution < -0.4 is 26.2 Å². The summed E-state index contributed by atoms with van der Waals surface area (Å²) in [5.41, 5.74) is 4.47. The molecule has 16 rings (SSSR count). The Balaban J connectivity index is 0.000000136. The van der Waals surface area contributed by atoms with Crippen LogP contribution in [0.1, 0.15) is 103 Å². The number of morpholine rings is 1. The van der Waals surface area contributed by atoms with Crippen LogP contribution >= 0.6 is 35.3 Å². The average molecular weight is 1230 g/mol. The highest BCUT2D eigenvalue weighted by Gasteiger charge is 2.43. The van der Waals surface area contributed by atoms with Gasteiger partial charge in [-0.2, -0.15) is 5.26 Å². The fourth-order valence-corrected chi connectivity index (χ4v) is 15.7. The molecule has 0 unspecified atom stereocenters. The molecule has 0 aliphatic carbocycles. The zero-order valence-electron chi connectivity index (χ0n) is 50.0. The van der Waals surface area contributed by atoms with Gasteiger partial charge in [0, 0.05) is 93.8 Å². The summed E-state index contributed by atoms with van der Waals surface area (Å²) in [6.07, 6.45) is 12.3. The van der Waals surface area contributed by atoms with Crippen molar-refractivity contribution in [2.24, 2.45) is 17.8 Å². The average Bonchev–Trinajstić information content (AvgIpc) is 2.26. The Kier molecular flexibility index (Phi) is 20.6. The lowest BCUT2D eigenvalue weighted by atomic mass is 9.79. The third-order valence-corrected chi connectivity index (χ3v) is 21.3. The van der Waals surface area contributed by atoms with Crippen LogP contribution in [0.25, 0.3) is 0 Å². The molecule has 17 nitrogen and oxygen atoms in total. The highest BCUT2D eigenvalue weighted by Crippen LogP contribution is 2.36.